The van der Waals surface area contributed by atoms with E-state index < -0.39 is 0 Å². The van der Waals surface area contributed by atoms with Gasteiger partial charge in [0.15, 0.2) is 0 Å². The summed E-state index contributed by atoms with van der Waals surface area (Å²) in [6, 6.07) is 8.20. The number of fused-ring (bicyclic) bond motifs is 1. The summed E-state index contributed by atoms with van der Waals surface area (Å²) < 4.78 is 11.1. The van der Waals surface area contributed by atoms with Crippen molar-refractivity contribution in [2.45, 2.75) is 25.4 Å². The average molecular weight is 260 g/mol. The zero-order valence-electron chi connectivity index (χ0n) is 10.7. The first-order valence-electron chi connectivity index (χ1n) is 6.31. The van der Waals surface area contributed by atoms with E-state index >= 15 is 0 Å². The van der Waals surface area contributed by atoms with Crippen LogP contribution >= 0.6 is 0 Å². The van der Waals surface area contributed by atoms with Gasteiger partial charge in [-0.05, 0) is 13.0 Å². The van der Waals surface area contributed by atoms with Gasteiger partial charge in [-0.2, -0.15) is 0 Å². The number of benzene rings is 1. The van der Waals surface area contributed by atoms with Crippen LogP contribution in [0.5, 0.6) is 5.75 Å². The van der Waals surface area contributed by atoms with Crippen LogP contribution in [0.1, 0.15) is 36.9 Å². The third-order valence-corrected chi connectivity index (χ3v) is 3.09. The van der Waals surface area contributed by atoms with Crippen molar-refractivity contribution < 1.29 is 9.15 Å². The molecular weight excluding hydrogens is 244 g/mol. The second kappa shape index (κ2) is 4.89. The number of hydrogen-bond acceptors (Lipinski definition) is 6. The number of nitrogens with zero attached hydrogens (tertiary/aromatic N) is 2. The zero-order valence-corrected chi connectivity index (χ0v) is 10.7. The maximum atomic E-state index is 5.69. The standard InChI is InChI=1S/C13H16N4O2/c1-8(14)12-16-17-13(19-12)15-10-6-7-18-11-5-3-2-4-9(10)11/h2-5,8,10H,6-7,14H2,1H3,(H,15,17). The Bertz CT molecular complexity index is 567. The predicted molar refractivity (Wildman–Crippen MR) is 69.8 cm³/mol. The Kier molecular flexibility index (Phi) is 3.08. The second-order valence-electron chi connectivity index (χ2n) is 4.61. The van der Waals surface area contributed by atoms with Crippen LogP contribution in [0.25, 0.3) is 0 Å². The number of rotatable bonds is 3. The topological polar surface area (TPSA) is 86.2 Å². The Morgan fingerprint density at radius 1 is 1.37 bits per heavy atom. The molecule has 2 unspecified atom stereocenters. The molecule has 6 nitrogen and oxygen atoms in total. The molecule has 3 rings (SSSR count). The highest BCUT2D eigenvalue weighted by Crippen LogP contribution is 2.33. The van der Waals surface area contributed by atoms with Crippen molar-refractivity contribution in [3.8, 4) is 5.75 Å². The van der Waals surface area contributed by atoms with Crippen molar-refractivity contribution in [3.05, 3.63) is 35.7 Å². The van der Waals surface area contributed by atoms with E-state index in [1.165, 1.54) is 0 Å². The molecule has 0 saturated heterocycles. The summed E-state index contributed by atoms with van der Waals surface area (Å²) in [6.07, 6.45) is 0.854. The lowest BCUT2D eigenvalue weighted by Gasteiger charge is -2.25. The van der Waals surface area contributed by atoms with Crippen LogP contribution in [-0.4, -0.2) is 16.8 Å². The molecule has 0 aliphatic carbocycles. The molecule has 3 N–H and O–H groups in total. The van der Waals surface area contributed by atoms with Crippen molar-refractivity contribution in [3.63, 3.8) is 0 Å². The summed E-state index contributed by atoms with van der Waals surface area (Å²) in [4.78, 5) is 0. The lowest BCUT2D eigenvalue weighted by atomic mass is 10.0. The van der Waals surface area contributed by atoms with Crippen LogP contribution in [0, 0.1) is 0 Å². The molecule has 2 heterocycles. The van der Waals surface area contributed by atoms with Crippen LogP contribution in [0.3, 0.4) is 0 Å². The molecule has 2 aromatic rings. The van der Waals surface area contributed by atoms with Gasteiger partial charge in [0.2, 0.25) is 5.89 Å². The van der Waals surface area contributed by atoms with Crippen LogP contribution in [0.2, 0.25) is 0 Å². The van der Waals surface area contributed by atoms with Crippen molar-refractivity contribution in [1.29, 1.82) is 0 Å². The van der Waals surface area contributed by atoms with Gasteiger partial charge in [0.05, 0.1) is 18.7 Å². The van der Waals surface area contributed by atoms with Crippen LogP contribution in [0.4, 0.5) is 6.01 Å². The van der Waals surface area contributed by atoms with Gasteiger partial charge in [0.25, 0.3) is 0 Å². The number of ether oxygens (including phenoxy) is 1. The molecule has 19 heavy (non-hydrogen) atoms. The molecule has 1 aromatic carbocycles. The molecular formula is C13H16N4O2. The highest BCUT2D eigenvalue weighted by molar-refractivity contribution is 5.41. The van der Waals surface area contributed by atoms with Gasteiger partial charge in [-0.3, -0.25) is 0 Å². The van der Waals surface area contributed by atoms with Gasteiger partial charge >= 0.3 is 6.01 Å². The van der Waals surface area contributed by atoms with Crippen LogP contribution in [0.15, 0.2) is 28.7 Å². The minimum absolute atomic E-state index is 0.117. The van der Waals surface area contributed by atoms with E-state index in [1.807, 2.05) is 24.3 Å². The second-order valence-corrected chi connectivity index (χ2v) is 4.61. The van der Waals surface area contributed by atoms with E-state index in [2.05, 4.69) is 15.5 Å². The summed E-state index contributed by atoms with van der Waals surface area (Å²) in [5.41, 5.74) is 6.80. The Morgan fingerprint density at radius 3 is 3.00 bits per heavy atom. The fourth-order valence-corrected chi connectivity index (χ4v) is 2.12. The Labute approximate surface area is 111 Å². The first-order chi connectivity index (χ1) is 9.24. The first-order valence-corrected chi connectivity index (χ1v) is 6.31. The molecule has 1 aliphatic rings. The summed E-state index contributed by atoms with van der Waals surface area (Å²) in [5.74, 6) is 1.33. The summed E-state index contributed by atoms with van der Waals surface area (Å²) in [7, 11) is 0. The van der Waals surface area contributed by atoms with E-state index in [0.717, 1.165) is 17.7 Å². The molecule has 0 saturated carbocycles. The maximum Gasteiger partial charge on any atom is 0.316 e. The molecule has 0 amide bonds. The highest BCUT2D eigenvalue weighted by Gasteiger charge is 2.22. The molecule has 6 heteroatoms. The lowest BCUT2D eigenvalue weighted by molar-refractivity contribution is 0.273. The number of para-hydroxylation sites is 1. The maximum absolute atomic E-state index is 5.69. The smallest absolute Gasteiger partial charge is 0.316 e. The molecule has 0 radical (unpaired) electrons. The van der Waals surface area contributed by atoms with Gasteiger partial charge in [0, 0.05) is 12.0 Å². The number of nitrogens with two attached hydrogens (primary N) is 1. The first kappa shape index (κ1) is 12.0. The average Bonchev–Trinajstić information content (AvgIpc) is 2.88. The molecule has 0 fully saturated rings. The Hall–Kier alpha value is -2.08. The van der Waals surface area contributed by atoms with Crippen molar-refractivity contribution >= 4 is 6.01 Å². The number of hydrogen-bond donors (Lipinski definition) is 2. The van der Waals surface area contributed by atoms with Crippen molar-refractivity contribution in [1.82, 2.24) is 10.2 Å². The van der Waals surface area contributed by atoms with E-state index in [9.17, 15) is 0 Å². The fraction of sp³-hybridized carbons (Fsp3) is 0.385. The van der Waals surface area contributed by atoms with Crippen LogP contribution < -0.4 is 15.8 Å². The van der Waals surface area contributed by atoms with Gasteiger partial charge in [-0.15, -0.1) is 5.10 Å². The van der Waals surface area contributed by atoms with Crippen molar-refractivity contribution in [2.24, 2.45) is 5.73 Å². The van der Waals surface area contributed by atoms with E-state index in [1.54, 1.807) is 6.92 Å². The number of nitrogens with one attached hydrogen (secondary N) is 1. The van der Waals surface area contributed by atoms with Crippen molar-refractivity contribution in [2.75, 3.05) is 11.9 Å². The highest BCUT2D eigenvalue weighted by atomic mass is 16.5. The minimum Gasteiger partial charge on any atom is -0.493 e. The van der Waals surface area contributed by atoms with Gasteiger partial charge in [0.1, 0.15) is 5.75 Å². The molecule has 100 valence electrons. The molecule has 1 aromatic heterocycles. The summed E-state index contributed by atoms with van der Waals surface area (Å²) in [6.45, 7) is 2.48. The van der Waals surface area contributed by atoms with Gasteiger partial charge < -0.3 is 20.2 Å². The molecule has 1 aliphatic heterocycles. The Morgan fingerprint density at radius 2 is 2.21 bits per heavy atom. The third kappa shape index (κ3) is 2.39. The third-order valence-electron chi connectivity index (χ3n) is 3.09. The molecule has 2 atom stereocenters. The zero-order chi connectivity index (χ0) is 13.2. The van der Waals surface area contributed by atoms with E-state index in [4.69, 9.17) is 14.9 Å². The number of anilines is 1. The quantitative estimate of drug-likeness (QED) is 0.878. The largest absolute Gasteiger partial charge is 0.493 e. The lowest BCUT2D eigenvalue weighted by Crippen LogP contribution is -2.20. The van der Waals surface area contributed by atoms with Gasteiger partial charge in [-0.25, -0.2) is 0 Å². The molecule has 0 bridgehead atoms. The van der Waals surface area contributed by atoms with E-state index in [0.29, 0.717) is 18.5 Å². The van der Waals surface area contributed by atoms with E-state index in [-0.39, 0.29) is 12.1 Å². The van der Waals surface area contributed by atoms with Gasteiger partial charge in [-0.1, -0.05) is 23.3 Å². The predicted octanol–water partition coefficient (Wildman–Crippen LogP) is 2.02. The fourth-order valence-electron chi connectivity index (χ4n) is 2.12. The minimum atomic E-state index is -0.259. The Balaban J connectivity index is 1.80. The monoisotopic (exact) mass is 260 g/mol. The normalized spacial score (nSPS) is 19.4. The van der Waals surface area contributed by atoms with Crippen LogP contribution in [-0.2, 0) is 0 Å². The SMILES string of the molecule is CC(N)c1nnc(NC2CCOc3ccccc32)o1. The number of aromatic nitrogens is 2. The summed E-state index contributed by atoms with van der Waals surface area (Å²) in [5, 5.41) is 11.1. The molecule has 0 spiro atoms. The summed E-state index contributed by atoms with van der Waals surface area (Å²) >= 11 is 0.